The summed E-state index contributed by atoms with van der Waals surface area (Å²) in [7, 11) is -1.23. The van der Waals surface area contributed by atoms with Crippen molar-refractivity contribution in [1.82, 2.24) is 25.5 Å². The van der Waals surface area contributed by atoms with Crippen LogP contribution < -0.4 is 5.32 Å². The summed E-state index contributed by atoms with van der Waals surface area (Å²) in [6, 6.07) is 0. The number of hydrogen-bond acceptors (Lipinski definition) is 8. The van der Waals surface area contributed by atoms with Crippen LogP contribution in [0.25, 0.3) is 0 Å². The van der Waals surface area contributed by atoms with Crippen LogP contribution in [0.15, 0.2) is 5.16 Å². The minimum atomic E-state index is -2.89. The monoisotopic (exact) mass is 323 g/mol. The van der Waals surface area contributed by atoms with Gasteiger partial charge in [0.15, 0.2) is 0 Å². The fourth-order valence-corrected chi connectivity index (χ4v) is 3.10. The van der Waals surface area contributed by atoms with Crippen molar-refractivity contribution >= 4 is 21.6 Å². The molecule has 20 heavy (non-hydrogen) atoms. The molecule has 0 aliphatic carbocycles. The Hall–Kier alpha value is -0.710. The highest BCUT2D eigenvalue weighted by molar-refractivity contribution is 7.99. The highest BCUT2D eigenvalue weighted by Gasteiger charge is 2.07. The van der Waals surface area contributed by atoms with Gasteiger partial charge in [0.1, 0.15) is 9.84 Å². The van der Waals surface area contributed by atoms with Crippen LogP contribution in [0.1, 0.15) is 6.42 Å². The molecule has 0 saturated heterocycles. The predicted octanol–water partition coefficient (Wildman–Crippen LogP) is -0.564. The third kappa shape index (κ3) is 7.78. The quantitative estimate of drug-likeness (QED) is 0.427. The zero-order chi connectivity index (χ0) is 14.8. The molecule has 116 valence electrons. The summed E-state index contributed by atoms with van der Waals surface area (Å²) < 4.78 is 28.7. The molecule has 0 aromatic carbocycles. The van der Waals surface area contributed by atoms with Crippen molar-refractivity contribution in [2.45, 2.75) is 18.1 Å². The van der Waals surface area contributed by atoms with Crippen molar-refractivity contribution < 1.29 is 13.2 Å². The lowest BCUT2D eigenvalue weighted by Gasteiger charge is -2.05. The van der Waals surface area contributed by atoms with E-state index in [-0.39, 0.29) is 5.75 Å². The summed E-state index contributed by atoms with van der Waals surface area (Å²) in [5.41, 5.74) is 0. The summed E-state index contributed by atoms with van der Waals surface area (Å²) in [5.74, 6) is 0.880. The highest BCUT2D eigenvalue weighted by Crippen LogP contribution is 2.14. The number of hydrogen-bond donors (Lipinski definition) is 1. The molecule has 8 nitrogen and oxygen atoms in total. The fourth-order valence-electron chi connectivity index (χ4n) is 1.41. The molecule has 1 aromatic heterocycles. The third-order valence-corrected chi connectivity index (χ3v) is 4.45. The second-order valence-electron chi connectivity index (χ2n) is 4.26. The number of ether oxygens (including phenoxy) is 1. The van der Waals surface area contributed by atoms with E-state index in [0.29, 0.717) is 30.5 Å². The number of aromatic nitrogens is 4. The topological polar surface area (TPSA) is 99.0 Å². The van der Waals surface area contributed by atoms with Crippen LogP contribution in [0.3, 0.4) is 0 Å². The van der Waals surface area contributed by atoms with E-state index in [2.05, 4.69) is 20.8 Å². The smallest absolute Gasteiger partial charge is 0.209 e. The Labute approximate surface area is 123 Å². The molecule has 0 aliphatic heterocycles. The average Bonchev–Trinajstić information content (AvgIpc) is 2.81. The van der Waals surface area contributed by atoms with Crippen LogP contribution in [0, 0.1) is 0 Å². The first-order valence-electron chi connectivity index (χ1n) is 6.29. The Bertz CT molecular complexity index is 477. The molecule has 0 bridgehead atoms. The van der Waals surface area contributed by atoms with Gasteiger partial charge in [0.05, 0.1) is 18.9 Å². The van der Waals surface area contributed by atoms with Crippen LogP contribution >= 0.6 is 11.8 Å². The van der Waals surface area contributed by atoms with Crippen molar-refractivity contribution in [3.8, 4) is 0 Å². The molecule has 0 amide bonds. The maximum Gasteiger partial charge on any atom is 0.209 e. The van der Waals surface area contributed by atoms with Crippen molar-refractivity contribution in [3.05, 3.63) is 0 Å². The SMILES string of the molecule is COCCNCCn1nnnc1SCCCS(C)(=O)=O. The Balaban J connectivity index is 2.24. The van der Waals surface area contributed by atoms with Gasteiger partial charge in [0.25, 0.3) is 0 Å². The molecule has 0 aliphatic rings. The zero-order valence-corrected chi connectivity index (χ0v) is 13.4. The molecule has 0 radical (unpaired) electrons. The zero-order valence-electron chi connectivity index (χ0n) is 11.8. The van der Waals surface area contributed by atoms with Crippen molar-refractivity contribution in [2.24, 2.45) is 0 Å². The Morgan fingerprint density at radius 3 is 2.90 bits per heavy atom. The molecule has 1 heterocycles. The van der Waals surface area contributed by atoms with E-state index in [1.807, 2.05) is 0 Å². The van der Waals surface area contributed by atoms with Crippen LogP contribution in [0.5, 0.6) is 0 Å². The number of nitrogens with one attached hydrogen (secondary N) is 1. The van der Waals surface area contributed by atoms with Crippen LogP contribution in [-0.2, 0) is 21.1 Å². The van der Waals surface area contributed by atoms with E-state index in [0.717, 1.165) is 13.1 Å². The van der Waals surface area contributed by atoms with Crippen molar-refractivity contribution in [3.63, 3.8) is 0 Å². The standard InChI is InChI=1S/C10H21N5O3S2/c1-18-7-5-11-4-6-15-10(12-13-14-15)19-8-3-9-20(2,16)17/h11H,3-9H2,1-2H3. The Kier molecular flexibility index (Phi) is 8.04. The summed E-state index contributed by atoms with van der Waals surface area (Å²) >= 11 is 1.47. The number of tetrazole rings is 1. The second-order valence-corrected chi connectivity index (χ2v) is 7.58. The summed E-state index contributed by atoms with van der Waals surface area (Å²) in [4.78, 5) is 0. The van der Waals surface area contributed by atoms with Crippen molar-refractivity contribution in [1.29, 1.82) is 0 Å². The van der Waals surface area contributed by atoms with E-state index in [1.165, 1.54) is 18.0 Å². The maximum atomic E-state index is 11.0. The highest BCUT2D eigenvalue weighted by atomic mass is 32.2. The lowest BCUT2D eigenvalue weighted by atomic mass is 10.6. The van der Waals surface area contributed by atoms with Gasteiger partial charge in [-0.05, 0) is 16.8 Å². The summed E-state index contributed by atoms with van der Waals surface area (Å²) in [6.45, 7) is 2.88. The van der Waals surface area contributed by atoms with Crippen molar-refractivity contribution in [2.75, 3.05) is 44.6 Å². The Morgan fingerprint density at radius 2 is 2.20 bits per heavy atom. The molecule has 0 fully saturated rings. The van der Waals surface area contributed by atoms with Crippen LogP contribution in [0.2, 0.25) is 0 Å². The lowest BCUT2D eigenvalue weighted by molar-refractivity contribution is 0.199. The lowest BCUT2D eigenvalue weighted by Crippen LogP contribution is -2.24. The van der Waals surface area contributed by atoms with E-state index >= 15 is 0 Å². The summed E-state index contributed by atoms with van der Waals surface area (Å²) in [6.07, 6.45) is 1.84. The van der Waals surface area contributed by atoms with E-state index in [4.69, 9.17) is 4.74 Å². The van der Waals surface area contributed by atoms with Gasteiger partial charge >= 0.3 is 0 Å². The molecule has 1 aromatic rings. The first kappa shape index (κ1) is 17.3. The number of nitrogens with zero attached hydrogens (tertiary/aromatic N) is 4. The van der Waals surface area contributed by atoms with Gasteiger partial charge in [0, 0.05) is 32.2 Å². The molecule has 0 atom stereocenters. The minimum absolute atomic E-state index is 0.195. The van der Waals surface area contributed by atoms with Gasteiger partial charge in [-0.2, -0.15) is 0 Å². The third-order valence-electron chi connectivity index (χ3n) is 2.37. The first-order chi connectivity index (χ1) is 9.53. The molecule has 10 heteroatoms. The molecular weight excluding hydrogens is 302 g/mol. The molecule has 0 spiro atoms. The van der Waals surface area contributed by atoms with Gasteiger partial charge in [0.2, 0.25) is 5.16 Å². The van der Waals surface area contributed by atoms with E-state index < -0.39 is 9.84 Å². The summed E-state index contributed by atoms with van der Waals surface area (Å²) in [5, 5.41) is 15.4. The first-order valence-corrected chi connectivity index (χ1v) is 9.34. The molecule has 1 N–H and O–H groups in total. The molecule has 1 rings (SSSR count). The van der Waals surface area contributed by atoms with Gasteiger partial charge in [-0.25, -0.2) is 13.1 Å². The molecule has 0 unspecified atom stereocenters. The van der Waals surface area contributed by atoms with Crippen LogP contribution in [0.4, 0.5) is 0 Å². The average molecular weight is 323 g/mol. The van der Waals surface area contributed by atoms with Gasteiger partial charge in [-0.15, -0.1) is 5.10 Å². The maximum absolute atomic E-state index is 11.0. The number of thioether (sulfide) groups is 1. The Morgan fingerprint density at radius 1 is 1.40 bits per heavy atom. The normalized spacial score (nSPS) is 11.9. The number of rotatable bonds is 11. The van der Waals surface area contributed by atoms with Gasteiger partial charge in [-0.1, -0.05) is 11.8 Å². The molecule has 0 saturated carbocycles. The largest absolute Gasteiger partial charge is 0.383 e. The number of sulfone groups is 1. The van der Waals surface area contributed by atoms with Gasteiger partial charge < -0.3 is 10.1 Å². The fraction of sp³-hybridized carbons (Fsp3) is 0.900. The van der Waals surface area contributed by atoms with Gasteiger partial charge in [-0.3, -0.25) is 0 Å². The predicted molar refractivity (Wildman–Crippen MR) is 77.6 cm³/mol. The van der Waals surface area contributed by atoms with E-state index in [1.54, 1.807) is 11.8 Å². The molecular formula is C10H21N5O3S2. The number of methoxy groups -OCH3 is 1. The van der Waals surface area contributed by atoms with Crippen LogP contribution in [-0.4, -0.2) is 73.2 Å². The second kappa shape index (κ2) is 9.27. The van der Waals surface area contributed by atoms with E-state index in [9.17, 15) is 8.42 Å². The minimum Gasteiger partial charge on any atom is -0.383 e.